The highest BCUT2D eigenvalue weighted by atomic mass is 32.2. The summed E-state index contributed by atoms with van der Waals surface area (Å²) in [6.45, 7) is 1.78. The fraction of sp³-hybridized carbons (Fsp3) is 0.333. The Hall–Kier alpha value is -3.20. The van der Waals surface area contributed by atoms with Crippen LogP contribution in [0.4, 0.5) is 10.1 Å². The molecule has 0 unspecified atom stereocenters. The fourth-order valence-corrected chi connectivity index (χ4v) is 4.88. The molecule has 1 saturated carbocycles. The Labute approximate surface area is 195 Å². The lowest BCUT2D eigenvalue weighted by atomic mass is 9.95. The van der Waals surface area contributed by atoms with Crippen LogP contribution in [0.2, 0.25) is 0 Å². The summed E-state index contributed by atoms with van der Waals surface area (Å²) in [6, 6.07) is 11.1. The molecule has 1 aliphatic carbocycles. The highest BCUT2D eigenvalue weighted by Crippen LogP contribution is 2.36. The minimum atomic E-state index is -1.30. The second-order valence-electron chi connectivity index (χ2n) is 8.10. The molecule has 1 aromatic heterocycles. The van der Waals surface area contributed by atoms with E-state index in [0.717, 1.165) is 31.2 Å². The average molecular weight is 468 g/mol. The molecule has 33 heavy (non-hydrogen) atoms. The normalized spacial score (nSPS) is 14.2. The van der Waals surface area contributed by atoms with Gasteiger partial charge in [-0.3, -0.25) is 9.36 Å². The molecule has 3 aromatic rings. The van der Waals surface area contributed by atoms with Crippen molar-refractivity contribution in [2.24, 2.45) is 0 Å². The molecule has 7 nitrogen and oxygen atoms in total. The second-order valence-corrected chi connectivity index (χ2v) is 9.04. The van der Waals surface area contributed by atoms with E-state index in [1.54, 1.807) is 31.2 Å². The maximum absolute atomic E-state index is 14.5. The Morgan fingerprint density at radius 2 is 1.91 bits per heavy atom. The third-order valence-corrected chi connectivity index (χ3v) is 6.74. The van der Waals surface area contributed by atoms with Gasteiger partial charge in [-0.05, 0) is 49.1 Å². The quantitative estimate of drug-likeness (QED) is 0.528. The first kappa shape index (κ1) is 23.0. The fourth-order valence-electron chi connectivity index (χ4n) is 4.07. The van der Waals surface area contributed by atoms with Gasteiger partial charge in [-0.2, -0.15) is 0 Å². The number of carboxylic acids is 1. The second kappa shape index (κ2) is 10.2. The molecule has 172 valence electrons. The van der Waals surface area contributed by atoms with E-state index in [-0.39, 0.29) is 29.1 Å². The number of carbonyl (C=O) groups excluding carboxylic acids is 2. The molecule has 1 aliphatic rings. The predicted molar refractivity (Wildman–Crippen MR) is 122 cm³/mol. The van der Waals surface area contributed by atoms with Crippen LogP contribution in [0.15, 0.2) is 47.6 Å². The van der Waals surface area contributed by atoms with Crippen molar-refractivity contribution in [3.8, 4) is 11.4 Å². The first-order chi connectivity index (χ1) is 15.9. The van der Waals surface area contributed by atoms with Crippen LogP contribution in [0.25, 0.3) is 11.4 Å². The van der Waals surface area contributed by atoms with Crippen molar-refractivity contribution in [1.29, 1.82) is 0 Å². The molecule has 0 atom stereocenters. The summed E-state index contributed by atoms with van der Waals surface area (Å²) in [5.41, 5.74) is 1.55. The van der Waals surface area contributed by atoms with Crippen molar-refractivity contribution in [3.05, 3.63) is 59.4 Å². The van der Waals surface area contributed by atoms with Crippen molar-refractivity contribution in [1.82, 2.24) is 14.8 Å². The van der Waals surface area contributed by atoms with Crippen LogP contribution in [0, 0.1) is 12.7 Å². The van der Waals surface area contributed by atoms with E-state index in [0.29, 0.717) is 22.2 Å². The van der Waals surface area contributed by atoms with Gasteiger partial charge in [0.2, 0.25) is 5.91 Å². The Balaban J connectivity index is 1.55. The number of carboxylic acid groups (broad SMARTS) is 1. The minimum absolute atomic E-state index is 0.00451. The number of aromatic nitrogens is 3. The molecule has 0 saturated heterocycles. The zero-order valence-electron chi connectivity index (χ0n) is 18.2. The molecule has 1 N–H and O–H groups in total. The lowest BCUT2D eigenvalue weighted by Crippen LogP contribution is -2.23. The SMILES string of the molecule is Cc1ccc(C(=O)[O-])cc1NC(=O)CSc1nnc(-c2ccccc2F)n1C1CCCCC1. The Morgan fingerprint density at radius 1 is 1.15 bits per heavy atom. The first-order valence-electron chi connectivity index (χ1n) is 10.9. The lowest BCUT2D eigenvalue weighted by Gasteiger charge is -2.25. The molecule has 1 amide bonds. The van der Waals surface area contributed by atoms with Crippen LogP contribution in [-0.2, 0) is 4.79 Å². The number of nitrogens with zero attached hydrogens (tertiary/aromatic N) is 3. The summed E-state index contributed by atoms with van der Waals surface area (Å²) in [5, 5.41) is 23.0. The van der Waals surface area contributed by atoms with Crippen LogP contribution < -0.4 is 10.4 Å². The monoisotopic (exact) mass is 467 g/mol. The van der Waals surface area contributed by atoms with Gasteiger partial charge in [0.05, 0.1) is 17.3 Å². The number of aryl methyl sites for hydroxylation is 1. The van der Waals surface area contributed by atoms with Crippen molar-refractivity contribution in [2.45, 2.75) is 50.2 Å². The highest BCUT2D eigenvalue weighted by Gasteiger charge is 2.25. The van der Waals surface area contributed by atoms with Gasteiger partial charge in [0.15, 0.2) is 11.0 Å². The molecule has 4 rings (SSSR count). The predicted octanol–water partition coefficient (Wildman–Crippen LogP) is 3.99. The molecule has 9 heteroatoms. The Kier molecular flexibility index (Phi) is 7.08. The number of halogens is 1. The summed E-state index contributed by atoms with van der Waals surface area (Å²) < 4.78 is 16.5. The number of nitrogens with one attached hydrogen (secondary N) is 1. The van der Waals surface area contributed by atoms with Gasteiger partial charge in [0.1, 0.15) is 5.82 Å². The number of anilines is 1. The summed E-state index contributed by atoms with van der Waals surface area (Å²) in [4.78, 5) is 23.7. The third kappa shape index (κ3) is 5.24. The van der Waals surface area contributed by atoms with Crippen molar-refractivity contribution in [2.75, 3.05) is 11.1 Å². The van der Waals surface area contributed by atoms with Crippen molar-refractivity contribution >= 4 is 29.3 Å². The van der Waals surface area contributed by atoms with Gasteiger partial charge >= 0.3 is 0 Å². The first-order valence-corrected chi connectivity index (χ1v) is 11.9. The lowest BCUT2D eigenvalue weighted by molar-refractivity contribution is -0.255. The van der Waals surface area contributed by atoms with Gasteiger partial charge < -0.3 is 15.2 Å². The summed E-state index contributed by atoms with van der Waals surface area (Å²) >= 11 is 1.23. The summed E-state index contributed by atoms with van der Waals surface area (Å²) in [6.07, 6.45) is 5.24. The van der Waals surface area contributed by atoms with E-state index in [2.05, 4.69) is 15.5 Å². The van der Waals surface area contributed by atoms with Gasteiger partial charge in [0.25, 0.3) is 0 Å². The van der Waals surface area contributed by atoms with Crippen LogP contribution in [0.3, 0.4) is 0 Å². The molecule has 1 fully saturated rings. The number of aromatic carboxylic acids is 1. The van der Waals surface area contributed by atoms with Gasteiger partial charge in [-0.15, -0.1) is 10.2 Å². The van der Waals surface area contributed by atoms with Crippen LogP contribution in [0.1, 0.15) is 54.1 Å². The van der Waals surface area contributed by atoms with E-state index in [9.17, 15) is 19.1 Å². The number of benzene rings is 2. The molecule has 0 spiro atoms. The topological polar surface area (TPSA) is 99.9 Å². The molecule has 0 aliphatic heterocycles. The summed E-state index contributed by atoms with van der Waals surface area (Å²) in [5.74, 6) is -1.44. The zero-order chi connectivity index (χ0) is 23.4. The zero-order valence-corrected chi connectivity index (χ0v) is 19.0. The number of carbonyl (C=O) groups is 2. The van der Waals surface area contributed by atoms with Crippen LogP contribution >= 0.6 is 11.8 Å². The molecule has 0 bridgehead atoms. The Morgan fingerprint density at radius 3 is 2.64 bits per heavy atom. The van der Waals surface area contributed by atoms with Crippen molar-refractivity contribution in [3.63, 3.8) is 0 Å². The van der Waals surface area contributed by atoms with E-state index in [1.807, 2.05) is 4.57 Å². The number of hydrogen-bond donors (Lipinski definition) is 1. The maximum atomic E-state index is 14.5. The van der Waals surface area contributed by atoms with Gasteiger partial charge in [-0.25, -0.2) is 4.39 Å². The molecule has 2 aromatic carbocycles. The molecular weight excluding hydrogens is 443 g/mol. The summed E-state index contributed by atoms with van der Waals surface area (Å²) in [7, 11) is 0. The number of amides is 1. The third-order valence-electron chi connectivity index (χ3n) is 5.80. The largest absolute Gasteiger partial charge is 0.545 e. The molecule has 1 heterocycles. The van der Waals surface area contributed by atoms with E-state index < -0.39 is 5.97 Å². The molecule has 0 radical (unpaired) electrons. The van der Waals surface area contributed by atoms with Crippen LogP contribution in [0.5, 0.6) is 0 Å². The standard InChI is InChI=1S/C24H25FN4O3S/c1-15-11-12-16(23(31)32)13-20(15)26-21(30)14-33-24-28-27-22(18-9-5-6-10-19(18)25)29(24)17-7-3-2-4-8-17/h5-6,9-13,17H,2-4,7-8,14H2,1H3,(H,26,30)(H,31,32)/p-1. The average Bonchev–Trinajstić information content (AvgIpc) is 3.23. The van der Waals surface area contributed by atoms with Gasteiger partial charge in [-0.1, -0.05) is 55.3 Å². The number of thioether (sulfide) groups is 1. The Bertz CT molecular complexity index is 1170. The maximum Gasteiger partial charge on any atom is 0.234 e. The highest BCUT2D eigenvalue weighted by molar-refractivity contribution is 7.99. The van der Waals surface area contributed by atoms with Crippen LogP contribution in [-0.4, -0.2) is 32.4 Å². The minimum Gasteiger partial charge on any atom is -0.545 e. The smallest absolute Gasteiger partial charge is 0.234 e. The van der Waals surface area contributed by atoms with E-state index >= 15 is 0 Å². The molecular formula is C24H24FN4O3S-. The van der Waals surface area contributed by atoms with E-state index in [4.69, 9.17) is 0 Å². The van der Waals surface area contributed by atoms with E-state index in [1.165, 1.54) is 36.4 Å². The number of hydrogen-bond acceptors (Lipinski definition) is 6. The number of rotatable bonds is 7. The van der Waals surface area contributed by atoms with Gasteiger partial charge in [0, 0.05) is 11.7 Å². The van der Waals surface area contributed by atoms with Crippen molar-refractivity contribution < 1.29 is 19.1 Å².